The van der Waals surface area contributed by atoms with E-state index in [2.05, 4.69) is 9.97 Å². The molecular weight excluding hydrogens is 342 g/mol. The molecule has 2 aliphatic carbocycles. The Kier molecular flexibility index (Phi) is 4.15. The average Bonchev–Trinajstić information content (AvgIpc) is 2.53. The largest absolute Gasteiger partial charge is 0.325 e. The summed E-state index contributed by atoms with van der Waals surface area (Å²) >= 11 is 0. The smallest absolute Gasteiger partial charge is 0.311 e. The van der Waals surface area contributed by atoms with Crippen molar-refractivity contribution in [1.29, 1.82) is 0 Å². The van der Waals surface area contributed by atoms with Crippen LogP contribution in [-0.2, 0) is 23.0 Å². The van der Waals surface area contributed by atoms with Crippen LogP contribution in [0, 0.1) is 11.3 Å². The molecule has 2 heterocycles. The van der Waals surface area contributed by atoms with E-state index in [4.69, 9.17) is 0 Å². The van der Waals surface area contributed by atoms with E-state index >= 15 is 0 Å². The number of sulfonamides is 1. The Morgan fingerprint density at radius 1 is 1.08 bits per heavy atom. The minimum atomic E-state index is -3.41. The molecule has 25 heavy (non-hydrogen) atoms. The first-order chi connectivity index (χ1) is 11.9. The predicted molar refractivity (Wildman–Crippen MR) is 93.8 cm³/mol. The first-order valence-electron chi connectivity index (χ1n) is 9.22. The molecule has 138 valence electrons. The summed E-state index contributed by atoms with van der Waals surface area (Å²) in [6.07, 6.45) is 8.42. The predicted octanol–water partition coefficient (Wildman–Crippen LogP) is 1.11. The number of H-pyrrole nitrogens is 2. The molecule has 2 fully saturated rings. The number of fused-ring (bicyclic) bond motifs is 1. The van der Waals surface area contributed by atoms with Gasteiger partial charge in [0.15, 0.2) is 0 Å². The molecule has 0 saturated heterocycles. The maximum atomic E-state index is 13.0. The molecule has 7 nitrogen and oxygen atoms in total. The van der Waals surface area contributed by atoms with Gasteiger partial charge < -0.3 is 4.98 Å². The standard InChI is InChI=1S/C17H25N3O4S/c21-15-13-10-20(9-5-14(13)18-16(22)19-15)25(23,24)11-12-4-1-2-6-17(12)7-3-8-17/h12H,1-11H2,(H2,18,19,21,22). The minimum Gasteiger partial charge on any atom is -0.311 e. The molecule has 1 atom stereocenters. The van der Waals surface area contributed by atoms with Gasteiger partial charge in [-0.2, -0.15) is 4.31 Å². The summed E-state index contributed by atoms with van der Waals surface area (Å²) in [4.78, 5) is 28.2. The van der Waals surface area contributed by atoms with Crippen LogP contribution in [0.25, 0.3) is 0 Å². The molecule has 1 unspecified atom stereocenters. The molecular formula is C17H25N3O4S. The van der Waals surface area contributed by atoms with Crippen LogP contribution in [0.5, 0.6) is 0 Å². The molecule has 0 radical (unpaired) electrons. The SMILES string of the molecule is O=c1[nH]c2c(c(=O)[nH]1)CN(S(=O)(=O)CC1CCCCC13CCC3)CC2. The first-order valence-corrected chi connectivity index (χ1v) is 10.8. The second-order valence-electron chi connectivity index (χ2n) is 7.89. The molecule has 4 rings (SSSR count). The molecule has 0 bridgehead atoms. The van der Waals surface area contributed by atoms with Crippen LogP contribution >= 0.6 is 0 Å². The number of aromatic nitrogens is 2. The number of aromatic amines is 2. The Morgan fingerprint density at radius 3 is 2.56 bits per heavy atom. The number of nitrogens with one attached hydrogen (secondary N) is 2. The topological polar surface area (TPSA) is 103 Å². The van der Waals surface area contributed by atoms with E-state index in [0.29, 0.717) is 24.2 Å². The zero-order chi connectivity index (χ0) is 17.7. The van der Waals surface area contributed by atoms with Gasteiger partial charge in [-0.05, 0) is 37.0 Å². The van der Waals surface area contributed by atoms with Gasteiger partial charge >= 0.3 is 5.69 Å². The Hall–Kier alpha value is -1.41. The van der Waals surface area contributed by atoms with E-state index in [9.17, 15) is 18.0 Å². The summed E-state index contributed by atoms with van der Waals surface area (Å²) in [5, 5.41) is 0. The lowest BCUT2D eigenvalue weighted by atomic mass is 9.56. The van der Waals surface area contributed by atoms with Gasteiger partial charge in [0.1, 0.15) is 0 Å². The number of rotatable bonds is 3. The third-order valence-corrected chi connectivity index (χ3v) is 8.50. The summed E-state index contributed by atoms with van der Waals surface area (Å²) in [5.74, 6) is 0.444. The molecule has 8 heteroatoms. The van der Waals surface area contributed by atoms with Crippen molar-refractivity contribution in [3.05, 3.63) is 32.1 Å². The van der Waals surface area contributed by atoms with E-state index in [-0.39, 0.29) is 23.6 Å². The van der Waals surface area contributed by atoms with Crippen molar-refractivity contribution in [3.63, 3.8) is 0 Å². The molecule has 1 aromatic heterocycles. The zero-order valence-electron chi connectivity index (χ0n) is 14.3. The fraction of sp³-hybridized carbons (Fsp3) is 0.765. The van der Waals surface area contributed by atoms with Gasteiger partial charge in [-0.1, -0.05) is 19.3 Å². The van der Waals surface area contributed by atoms with E-state index in [1.807, 2.05) is 0 Å². The number of hydrogen-bond donors (Lipinski definition) is 2. The maximum Gasteiger partial charge on any atom is 0.325 e. The Labute approximate surface area is 146 Å². The highest BCUT2D eigenvalue weighted by Crippen LogP contribution is 2.55. The molecule has 1 aromatic rings. The summed E-state index contributed by atoms with van der Waals surface area (Å²) in [6, 6.07) is 0. The second kappa shape index (κ2) is 6.09. The fourth-order valence-electron chi connectivity index (χ4n) is 4.96. The van der Waals surface area contributed by atoms with Crippen LogP contribution < -0.4 is 11.2 Å². The highest BCUT2D eigenvalue weighted by atomic mass is 32.2. The first kappa shape index (κ1) is 17.0. The Balaban J connectivity index is 1.55. The Bertz CT molecular complexity index is 882. The van der Waals surface area contributed by atoms with E-state index in [1.54, 1.807) is 0 Å². The Morgan fingerprint density at radius 2 is 1.84 bits per heavy atom. The van der Waals surface area contributed by atoms with E-state index in [0.717, 1.165) is 32.1 Å². The number of nitrogens with zero attached hydrogens (tertiary/aromatic N) is 1. The van der Waals surface area contributed by atoms with Crippen molar-refractivity contribution in [2.24, 2.45) is 11.3 Å². The van der Waals surface area contributed by atoms with Crippen molar-refractivity contribution in [3.8, 4) is 0 Å². The molecule has 1 spiro atoms. The highest BCUT2D eigenvalue weighted by molar-refractivity contribution is 7.89. The summed E-state index contributed by atoms with van der Waals surface area (Å²) in [5.41, 5.74) is 0.174. The summed E-state index contributed by atoms with van der Waals surface area (Å²) in [6.45, 7) is 0.387. The van der Waals surface area contributed by atoms with Gasteiger partial charge in [-0.3, -0.25) is 9.78 Å². The minimum absolute atomic E-state index is 0.0590. The van der Waals surface area contributed by atoms with Gasteiger partial charge in [0, 0.05) is 25.2 Å². The quantitative estimate of drug-likeness (QED) is 0.835. The average molecular weight is 367 g/mol. The van der Waals surface area contributed by atoms with Crippen LogP contribution in [-0.4, -0.2) is 35.0 Å². The van der Waals surface area contributed by atoms with Crippen molar-refractivity contribution in [2.75, 3.05) is 12.3 Å². The lowest BCUT2D eigenvalue weighted by molar-refractivity contribution is 0.0183. The third-order valence-electron chi connectivity index (χ3n) is 6.57. The van der Waals surface area contributed by atoms with Crippen molar-refractivity contribution in [1.82, 2.24) is 14.3 Å². The molecule has 3 aliphatic rings. The van der Waals surface area contributed by atoms with Gasteiger partial charge in [-0.15, -0.1) is 0 Å². The normalized spacial score (nSPS) is 26.2. The lowest BCUT2D eigenvalue weighted by Crippen LogP contribution is -2.47. The zero-order valence-corrected chi connectivity index (χ0v) is 15.2. The lowest BCUT2D eigenvalue weighted by Gasteiger charge is -2.51. The van der Waals surface area contributed by atoms with Gasteiger partial charge in [0.2, 0.25) is 10.0 Å². The van der Waals surface area contributed by atoms with Gasteiger partial charge in [-0.25, -0.2) is 13.2 Å². The van der Waals surface area contributed by atoms with Gasteiger partial charge in [0.25, 0.3) is 5.56 Å². The van der Waals surface area contributed by atoms with E-state index in [1.165, 1.54) is 17.1 Å². The molecule has 1 aliphatic heterocycles. The monoisotopic (exact) mass is 367 g/mol. The molecule has 2 N–H and O–H groups in total. The third kappa shape index (κ3) is 2.99. The number of hydrogen-bond acceptors (Lipinski definition) is 4. The summed E-state index contributed by atoms with van der Waals surface area (Å²) < 4.78 is 27.5. The van der Waals surface area contributed by atoms with Crippen LogP contribution in [0.15, 0.2) is 9.59 Å². The molecule has 0 aromatic carbocycles. The van der Waals surface area contributed by atoms with Crippen molar-refractivity contribution >= 4 is 10.0 Å². The van der Waals surface area contributed by atoms with E-state index < -0.39 is 21.3 Å². The van der Waals surface area contributed by atoms with Crippen molar-refractivity contribution in [2.45, 2.75) is 57.9 Å². The molecule has 0 amide bonds. The van der Waals surface area contributed by atoms with Crippen LogP contribution in [0.2, 0.25) is 0 Å². The van der Waals surface area contributed by atoms with Gasteiger partial charge in [0.05, 0.1) is 11.3 Å². The van der Waals surface area contributed by atoms with Crippen LogP contribution in [0.4, 0.5) is 0 Å². The second-order valence-corrected chi connectivity index (χ2v) is 9.90. The highest BCUT2D eigenvalue weighted by Gasteiger charge is 2.47. The van der Waals surface area contributed by atoms with Crippen LogP contribution in [0.3, 0.4) is 0 Å². The van der Waals surface area contributed by atoms with Crippen LogP contribution in [0.1, 0.15) is 56.2 Å². The maximum absolute atomic E-state index is 13.0. The molecule has 2 saturated carbocycles. The van der Waals surface area contributed by atoms with Crippen molar-refractivity contribution < 1.29 is 8.42 Å². The summed E-state index contributed by atoms with van der Waals surface area (Å²) in [7, 11) is -3.41. The fourth-order valence-corrected chi connectivity index (χ4v) is 6.89.